The minimum absolute atomic E-state index is 0.161. The fourth-order valence-corrected chi connectivity index (χ4v) is 2.44. The highest BCUT2D eigenvalue weighted by Crippen LogP contribution is 2.16. The van der Waals surface area contributed by atoms with E-state index in [1.807, 2.05) is 0 Å². The van der Waals surface area contributed by atoms with Crippen molar-refractivity contribution in [1.29, 1.82) is 5.26 Å². The Morgan fingerprint density at radius 1 is 1.10 bits per heavy atom. The van der Waals surface area contributed by atoms with Crippen LogP contribution in [0, 0.1) is 11.3 Å². The van der Waals surface area contributed by atoms with Crippen molar-refractivity contribution >= 4 is 29.2 Å². The molecule has 0 aliphatic heterocycles. The molecule has 0 fully saturated rings. The van der Waals surface area contributed by atoms with Gasteiger partial charge in [-0.05, 0) is 55.5 Å². The molecular weight excluding hydrogens is 370 g/mol. The van der Waals surface area contributed by atoms with Gasteiger partial charge in [-0.2, -0.15) is 5.26 Å². The van der Waals surface area contributed by atoms with Crippen LogP contribution >= 0.6 is 0 Å². The Balaban J connectivity index is 1.69. The molecule has 0 spiro atoms. The van der Waals surface area contributed by atoms with E-state index in [0.717, 1.165) is 0 Å². The number of aromatic nitrogens is 2. The van der Waals surface area contributed by atoms with Gasteiger partial charge in [0.15, 0.2) is 0 Å². The smallest absolute Gasteiger partial charge is 0.338 e. The molecule has 1 aromatic heterocycles. The Kier molecular flexibility index (Phi) is 6.12. The average Bonchev–Trinajstić information content (AvgIpc) is 2.74. The molecule has 0 saturated heterocycles. The first-order valence-electron chi connectivity index (χ1n) is 8.78. The summed E-state index contributed by atoms with van der Waals surface area (Å²) in [6, 6.07) is 16.7. The second kappa shape index (κ2) is 9.10. The predicted octanol–water partition coefficient (Wildman–Crippen LogP) is 3.52. The molecule has 29 heavy (non-hydrogen) atoms. The number of hydrogen-bond acceptors (Lipinski definition) is 7. The molecule has 0 atom stereocenters. The van der Waals surface area contributed by atoms with E-state index in [4.69, 9.17) is 10.00 Å². The number of carbonyl (C=O) groups excluding carboxylic acids is 2. The van der Waals surface area contributed by atoms with Crippen molar-refractivity contribution in [2.75, 3.05) is 17.2 Å². The van der Waals surface area contributed by atoms with Crippen LogP contribution in [0.4, 0.5) is 17.3 Å². The van der Waals surface area contributed by atoms with E-state index in [9.17, 15) is 9.59 Å². The number of anilines is 3. The fourth-order valence-electron chi connectivity index (χ4n) is 2.44. The van der Waals surface area contributed by atoms with Gasteiger partial charge in [-0.25, -0.2) is 14.8 Å². The number of benzene rings is 2. The number of nitrogens with one attached hydrogen (secondary N) is 2. The Morgan fingerprint density at radius 3 is 2.62 bits per heavy atom. The number of nitrogens with zero attached hydrogens (tertiary/aromatic N) is 3. The lowest BCUT2D eigenvalue weighted by molar-refractivity contribution is 0.0526. The topological polar surface area (TPSA) is 117 Å². The summed E-state index contributed by atoms with van der Waals surface area (Å²) in [6.07, 6.45) is 1.46. The number of esters is 1. The van der Waals surface area contributed by atoms with E-state index in [1.165, 1.54) is 12.3 Å². The molecule has 2 N–H and O–H groups in total. The van der Waals surface area contributed by atoms with E-state index in [-0.39, 0.29) is 11.6 Å². The first-order valence-corrected chi connectivity index (χ1v) is 8.78. The lowest BCUT2D eigenvalue weighted by atomic mass is 10.2. The molecule has 0 unspecified atom stereocenters. The van der Waals surface area contributed by atoms with E-state index in [2.05, 4.69) is 26.7 Å². The summed E-state index contributed by atoms with van der Waals surface area (Å²) in [5.41, 5.74) is 2.20. The number of amides is 1. The molecule has 0 aliphatic carbocycles. The van der Waals surface area contributed by atoms with Crippen LogP contribution in [0.2, 0.25) is 0 Å². The molecule has 0 radical (unpaired) electrons. The Bertz CT molecular complexity index is 1070. The summed E-state index contributed by atoms with van der Waals surface area (Å²) in [4.78, 5) is 32.4. The van der Waals surface area contributed by atoms with Crippen LogP contribution in [0.25, 0.3) is 0 Å². The zero-order valence-corrected chi connectivity index (χ0v) is 15.5. The molecule has 0 saturated carbocycles. The molecule has 0 aliphatic rings. The highest BCUT2D eigenvalue weighted by atomic mass is 16.5. The normalized spacial score (nSPS) is 9.93. The van der Waals surface area contributed by atoms with Gasteiger partial charge < -0.3 is 15.4 Å². The maximum absolute atomic E-state index is 12.5. The molecule has 144 valence electrons. The summed E-state index contributed by atoms with van der Waals surface area (Å²) in [5, 5.41) is 14.7. The first-order chi connectivity index (χ1) is 14.1. The second-order valence-corrected chi connectivity index (χ2v) is 5.84. The monoisotopic (exact) mass is 387 g/mol. The van der Waals surface area contributed by atoms with Crippen molar-refractivity contribution in [2.24, 2.45) is 0 Å². The van der Waals surface area contributed by atoms with Gasteiger partial charge >= 0.3 is 5.97 Å². The minimum Gasteiger partial charge on any atom is -0.462 e. The van der Waals surface area contributed by atoms with E-state index in [1.54, 1.807) is 55.5 Å². The Hall–Kier alpha value is -4.25. The lowest BCUT2D eigenvalue weighted by Crippen LogP contribution is -2.15. The van der Waals surface area contributed by atoms with E-state index < -0.39 is 11.9 Å². The third-order valence-electron chi connectivity index (χ3n) is 3.79. The van der Waals surface area contributed by atoms with Gasteiger partial charge in [0.25, 0.3) is 5.91 Å². The molecule has 0 bridgehead atoms. The van der Waals surface area contributed by atoms with Crippen molar-refractivity contribution < 1.29 is 14.3 Å². The first kappa shape index (κ1) is 19.5. The zero-order chi connectivity index (χ0) is 20.6. The van der Waals surface area contributed by atoms with E-state index >= 15 is 0 Å². The van der Waals surface area contributed by atoms with Gasteiger partial charge in [-0.1, -0.05) is 6.07 Å². The zero-order valence-electron chi connectivity index (χ0n) is 15.5. The third kappa shape index (κ3) is 5.14. The van der Waals surface area contributed by atoms with Crippen molar-refractivity contribution in [3.05, 3.63) is 77.6 Å². The summed E-state index contributed by atoms with van der Waals surface area (Å²) in [5.74, 6) is -0.618. The van der Waals surface area contributed by atoms with Gasteiger partial charge in [0.1, 0.15) is 5.69 Å². The standard InChI is InChI=1S/C21H17N5O3/c1-2-29-20(28)15-6-8-16(9-7-15)24-19(27)18-10-11-23-21(26-18)25-17-5-3-4-14(12-17)13-22/h3-12H,2H2,1H3,(H,24,27)(H,23,25,26). The summed E-state index contributed by atoms with van der Waals surface area (Å²) < 4.78 is 4.93. The van der Waals surface area contributed by atoms with E-state index in [0.29, 0.717) is 29.1 Å². The van der Waals surface area contributed by atoms with Crippen LogP contribution in [-0.2, 0) is 4.74 Å². The van der Waals surface area contributed by atoms with Gasteiger partial charge in [0.2, 0.25) is 5.95 Å². The van der Waals surface area contributed by atoms with Gasteiger partial charge in [0.05, 0.1) is 23.8 Å². The fraction of sp³-hybridized carbons (Fsp3) is 0.0952. The van der Waals surface area contributed by atoms with Crippen molar-refractivity contribution in [1.82, 2.24) is 9.97 Å². The van der Waals surface area contributed by atoms with Crippen molar-refractivity contribution in [3.63, 3.8) is 0 Å². The number of ether oxygens (including phenoxy) is 1. The molecule has 1 heterocycles. The number of nitriles is 1. The summed E-state index contributed by atoms with van der Waals surface area (Å²) in [7, 11) is 0. The van der Waals surface area contributed by atoms with Gasteiger partial charge in [-0.3, -0.25) is 4.79 Å². The van der Waals surface area contributed by atoms with Crippen LogP contribution in [0.3, 0.4) is 0 Å². The minimum atomic E-state index is -0.426. The van der Waals surface area contributed by atoms with Crippen LogP contribution in [0.5, 0.6) is 0 Å². The molecule has 3 aromatic rings. The van der Waals surface area contributed by atoms with Gasteiger partial charge in [-0.15, -0.1) is 0 Å². The number of carbonyl (C=O) groups is 2. The average molecular weight is 387 g/mol. The SMILES string of the molecule is CCOC(=O)c1ccc(NC(=O)c2ccnc(Nc3cccc(C#N)c3)n2)cc1. The maximum atomic E-state index is 12.5. The van der Waals surface area contributed by atoms with Crippen LogP contribution in [0.15, 0.2) is 60.8 Å². The molecular formula is C21H17N5O3. The number of hydrogen-bond donors (Lipinski definition) is 2. The predicted molar refractivity (Wildman–Crippen MR) is 107 cm³/mol. The quantitative estimate of drug-likeness (QED) is 0.621. The summed E-state index contributed by atoms with van der Waals surface area (Å²) >= 11 is 0. The van der Waals surface area contributed by atoms with Crippen LogP contribution < -0.4 is 10.6 Å². The van der Waals surface area contributed by atoms with Crippen molar-refractivity contribution in [2.45, 2.75) is 6.92 Å². The highest BCUT2D eigenvalue weighted by molar-refractivity contribution is 6.03. The lowest BCUT2D eigenvalue weighted by Gasteiger charge is -2.08. The van der Waals surface area contributed by atoms with Gasteiger partial charge in [0, 0.05) is 17.6 Å². The summed E-state index contributed by atoms with van der Waals surface area (Å²) in [6.45, 7) is 2.03. The molecule has 8 nitrogen and oxygen atoms in total. The molecule has 8 heteroatoms. The Labute approximate surface area is 167 Å². The molecule has 2 aromatic carbocycles. The molecule has 3 rings (SSSR count). The molecule has 1 amide bonds. The Morgan fingerprint density at radius 2 is 1.90 bits per heavy atom. The van der Waals surface area contributed by atoms with Crippen LogP contribution in [-0.4, -0.2) is 28.5 Å². The number of rotatable bonds is 6. The van der Waals surface area contributed by atoms with Crippen molar-refractivity contribution in [3.8, 4) is 6.07 Å². The highest BCUT2D eigenvalue weighted by Gasteiger charge is 2.11. The maximum Gasteiger partial charge on any atom is 0.338 e. The largest absolute Gasteiger partial charge is 0.462 e. The van der Waals surface area contributed by atoms with Crippen LogP contribution in [0.1, 0.15) is 33.3 Å². The third-order valence-corrected chi connectivity index (χ3v) is 3.79. The second-order valence-electron chi connectivity index (χ2n) is 5.84.